The standard InChI is InChI=1S/C11H9FN2O/c12-8-14-7-6-10(13-11(14)15)9-4-2-1-3-5-9/h1-7H,8H2. The molecule has 0 amide bonds. The van der Waals surface area contributed by atoms with Gasteiger partial charge in [-0.1, -0.05) is 30.3 Å². The minimum absolute atomic E-state index is 0.560. The lowest BCUT2D eigenvalue weighted by Crippen LogP contribution is -2.21. The summed E-state index contributed by atoms with van der Waals surface area (Å²) in [5.74, 6) is 0. The van der Waals surface area contributed by atoms with Gasteiger partial charge in [0.05, 0.1) is 5.69 Å². The Morgan fingerprint density at radius 1 is 1.20 bits per heavy atom. The second kappa shape index (κ2) is 4.04. The van der Waals surface area contributed by atoms with Crippen LogP contribution in [0.15, 0.2) is 47.4 Å². The third-order valence-electron chi connectivity index (χ3n) is 2.07. The summed E-state index contributed by atoms with van der Waals surface area (Å²) in [5.41, 5.74) is 0.838. The van der Waals surface area contributed by atoms with Crippen LogP contribution in [0, 0.1) is 0 Å². The number of benzene rings is 1. The lowest BCUT2D eigenvalue weighted by atomic mass is 10.1. The molecule has 0 aliphatic heterocycles. The molecule has 1 aromatic carbocycles. The quantitative estimate of drug-likeness (QED) is 0.748. The van der Waals surface area contributed by atoms with Crippen LogP contribution in [0.2, 0.25) is 0 Å². The molecule has 76 valence electrons. The molecule has 0 saturated heterocycles. The van der Waals surface area contributed by atoms with Gasteiger partial charge in [0.15, 0.2) is 6.80 Å². The highest BCUT2D eigenvalue weighted by molar-refractivity contribution is 5.57. The summed E-state index contributed by atoms with van der Waals surface area (Å²) in [7, 11) is 0. The lowest BCUT2D eigenvalue weighted by molar-refractivity contribution is 0.365. The first-order valence-corrected chi connectivity index (χ1v) is 4.50. The Bertz CT molecular complexity index is 507. The average molecular weight is 204 g/mol. The molecule has 0 atom stereocenters. The number of hydrogen-bond donors (Lipinski definition) is 0. The van der Waals surface area contributed by atoms with E-state index in [2.05, 4.69) is 4.98 Å². The first kappa shape index (κ1) is 9.58. The summed E-state index contributed by atoms with van der Waals surface area (Å²) in [6, 6.07) is 10.9. The van der Waals surface area contributed by atoms with Crippen molar-refractivity contribution in [2.75, 3.05) is 0 Å². The number of nitrogens with zero attached hydrogens (tertiary/aromatic N) is 2. The van der Waals surface area contributed by atoms with Crippen molar-refractivity contribution >= 4 is 0 Å². The van der Waals surface area contributed by atoms with Crippen molar-refractivity contribution in [2.45, 2.75) is 6.80 Å². The van der Waals surface area contributed by atoms with Crippen LogP contribution in [0.3, 0.4) is 0 Å². The van der Waals surface area contributed by atoms with Gasteiger partial charge in [0.2, 0.25) is 0 Å². The number of aromatic nitrogens is 2. The van der Waals surface area contributed by atoms with Gasteiger partial charge in [0.1, 0.15) is 0 Å². The molecular weight excluding hydrogens is 195 g/mol. The Kier molecular flexibility index (Phi) is 2.58. The van der Waals surface area contributed by atoms with E-state index in [0.29, 0.717) is 5.69 Å². The molecule has 0 aliphatic rings. The molecule has 4 heteroatoms. The van der Waals surface area contributed by atoms with E-state index in [1.165, 1.54) is 6.20 Å². The van der Waals surface area contributed by atoms with Crippen molar-refractivity contribution in [1.29, 1.82) is 0 Å². The Morgan fingerprint density at radius 3 is 2.53 bits per heavy atom. The van der Waals surface area contributed by atoms with Crippen LogP contribution < -0.4 is 5.69 Å². The van der Waals surface area contributed by atoms with Crippen LogP contribution in [-0.2, 0) is 6.80 Å². The molecule has 2 rings (SSSR count). The van der Waals surface area contributed by atoms with Gasteiger partial charge in [0, 0.05) is 11.8 Å². The largest absolute Gasteiger partial charge is 0.350 e. The van der Waals surface area contributed by atoms with E-state index < -0.39 is 12.5 Å². The smallest absolute Gasteiger partial charge is 0.270 e. The van der Waals surface area contributed by atoms with Gasteiger partial charge in [-0.15, -0.1) is 0 Å². The first-order valence-electron chi connectivity index (χ1n) is 4.50. The molecule has 0 aliphatic carbocycles. The Balaban J connectivity index is 2.48. The predicted molar refractivity (Wildman–Crippen MR) is 55.0 cm³/mol. The normalized spacial score (nSPS) is 10.2. The van der Waals surface area contributed by atoms with Crippen LogP contribution in [0.1, 0.15) is 0 Å². The predicted octanol–water partition coefficient (Wildman–Crippen LogP) is 1.84. The monoisotopic (exact) mass is 204 g/mol. The number of alkyl halides is 1. The summed E-state index contributed by atoms with van der Waals surface area (Å²) in [6.07, 6.45) is 1.40. The fourth-order valence-electron chi connectivity index (χ4n) is 1.29. The van der Waals surface area contributed by atoms with Gasteiger partial charge in [-0.25, -0.2) is 9.18 Å². The van der Waals surface area contributed by atoms with Crippen molar-refractivity contribution in [3.8, 4) is 11.3 Å². The fourth-order valence-corrected chi connectivity index (χ4v) is 1.29. The molecule has 2 aromatic rings. The van der Waals surface area contributed by atoms with Gasteiger partial charge in [-0.2, -0.15) is 4.98 Å². The Morgan fingerprint density at radius 2 is 1.93 bits per heavy atom. The van der Waals surface area contributed by atoms with Crippen LogP contribution in [0.5, 0.6) is 0 Å². The molecule has 0 unspecified atom stereocenters. The van der Waals surface area contributed by atoms with Crippen molar-refractivity contribution in [2.24, 2.45) is 0 Å². The third kappa shape index (κ3) is 1.93. The minimum atomic E-state index is -0.846. The van der Waals surface area contributed by atoms with E-state index in [9.17, 15) is 9.18 Å². The summed E-state index contributed by atoms with van der Waals surface area (Å²) >= 11 is 0. The molecule has 1 heterocycles. The second-order valence-corrected chi connectivity index (χ2v) is 3.05. The van der Waals surface area contributed by atoms with E-state index >= 15 is 0 Å². The lowest BCUT2D eigenvalue weighted by Gasteiger charge is -2.01. The maximum Gasteiger partial charge on any atom is 0.350 e. The summed E-state index contributed by atoms with van der Waals surface area (Å²) in [4.78, 5) is 15.0. The highest BCUT2D eigenvalue weighted by atomic mass is 19.1. The number of hydrogen-bond acceptors (Lipinski definition) is 2. The maximum atomic E-state index is 12.2. The van der Waals surface area contributed by atoms with Gasteiger partial charge < -0.3 is 0 Å². The van der Waals surface area contributed by atoms with Crippen LogP contribution in [-0.4, -0.2) is 9.55 Å². The molecule has 1 aromatic heterocycles. The van der Waals surface area contributed by atoms with Crippen molar-refractivity contribution in [3.63, 3.8) is 0 Å². The summed E-state index contributed by atoms with van der Waals surface area (Å²) in [6.45, 7) is -0.846. The Labute approximate surface area is 85.8 Å². The molecule has 15 heavy (non-hydrogen) atoms. The van der Waals surface area contributed by atoms with Gasteiger partial charge in [-0.3, -0.25) is 4.57 Å². The zero-order valence-corrected chi connectivity index (χ0v) is 7.93. The SMILES string of the molecule is O=c1nc(-c2ccccc2)ccn1CF. The fraction of sp³-hybridized carbons (Fsp3) is 0.0909. The zero-order valence-electron chi connectivity index (χ0n) is 7.93. The molecule has 0 radical (unpaired) electrons. The van der Waals surface area contributed by atoms with Crippen LogP contribution >= 0.6 is 0 Å². The van der Waals surface area contributed by atoms with Gasteiger partial charge in [0.25, 0.3) is 0 Å². The van der Waals surface area contributed by atoms with Crippen molar-refractivity contribution < 1.29 is 4.39 Å². The van der Waals surface area contributed by atoms with E-state index in [4.69, 9.17) is 0 Å². The maximum absolute atomic E-state index is 12.2. The molecular formula is C11H9FN2O. The zero-order chi connectivity index (χ0) is 10.7. The van der Waals surface area contributed by atoms with E-state index in [1.807, 2.05) is 30.3 Å². The minimum Gasteiger partial charge on any atom is -0.270 e. The van der Waals surface area contributed by atoms with Gasteiger partial charge >= 0.3 is 5.69 Å². The van der Waals surface area contributed by atoms with Crippen LogP contribution in [0.25, 0.3) is 11.3 Å². The number of rotatable bonds is 2. The molecule has 0 saturated carbocycles. The van der Waals surface area contributed by atoms with Gasteiger partial charge in [-0.05, 0) is 6.07 Å². The molecule has 0 fully saturated rings. The molecule has 3 nitrogen and oxygen atoms in total. The molecule has 0 N–H and O–H groups in total. The topological polar surface area (TPSA) is 34.9 Å². The summed E-state index contributed by atoms with van der Waals surface area (Å²) in [5, 5.41) is 0. The van der Waals surface area contributed by atoms with E-state index in [-0.39, 0.29) is 0 Å². The highest BCUT2D eigenvalue weighted by Crippen LogP contribution is 2.13. The second-order valence-electron chi connectivity index (χ2n) is 3.05. The Hall–Kier alpha value is -1.97. The molecule has 0 bridgehead atoms. The number of halogens is 1. The van der Waals surface area contributed by atoms with E-state index in [0.717, 1.165) is 10.1 Å². The van der Waals surface area contributed by atoms with Crippen LogP contribution in [0.4, 0.5) is 4.39 Å². The third-order valence-corrected chi connectivity index (χ3v) is 2.07. The van der Waals surface area contributed by atoms with Crippen molar-refractivity contribution in [1.82, 2.24) is 9.55 Å². The van der Waals surface area contributed by atoms with E-state index in [1.54, 1.807) is 6.07 Å². The molecule has 0 spiro atoms. The van der Waals surface area contributed by atoms with Crippen molar-refractivity contribution in [3.05, 3.63) is 53.1 Å². The summed E-state index contributed by atoms with van der Waals surface area (Å²) < 4.78 is 13.2. The average Bonchev–Trinajstić information content (AvgIpc) is 2.30. The first-order chi connectivity index (χ1) is 7.31. The highest BCUT2D eigenvalue weighted by Gasteiger charge is 2.01.